The fraction of sp³-hybridized carbons (Fsp3) is 0. The maximum absolute atomic E-state index is 4.74. The number of rotatable bonds is 4. The molecule has 0 aliphatic carbocycles. The van der Waals surface area contributed by atoms with Crippen LogP contribution in [0.1, 0.15) is 0 Å². The summed E-state index contributed by atoms with van der Waals surface area (Å²) in [5, 5.41) is 12.4. The van der Waals surface area contributed by atoms with E-state index in [9.17, 15) is 0 Å². The lowest BCUT2D eigenvalue weighted by atomic mass is 9.86. The zero-order valence-electron chi connectivity index (χ0n) is 27.1. The predicted octanol–water partition coefficient (Wildman–Crippen LogP) is 12.3. The van der Waals surface area contributed by atoms with Gasteiger partial charge in [0.05, 0.1) is 5.69 Å². The van der Waals surface area contributed by atoms with E-state index in [-0.39, 0.29) is 0 Å². The summed E-state index contributed by atoms with van der Waals surface area (Å²) in [5.41, 5.74) is 8.99. The Bertz CT molecular complexity index is 2840. The molecule has 3 heterocycles. The summed E-state index contributed by atoms with van der Waals surface area (Å²) in [5.74, 6) is 0. The zero-order valence-corrected chi connectivity index (χ0v) is 27.1. The van der Waals surface area contributed by atoms with Gasteiger partial charge in [0, 0.05) is 36.5 Å². The Morgan fingerprint density at radius 3 is 1.20 bits per heavy atom. The van der Waals surface area contributed by atoms with Crippen LogP contribution >= 0.6 is 0 Å². The number of benzene rings is 6. The first-order valence-electron chi connectivity index (χ1n) is 16.9. The first kappa shape index (κ1) is 28.3. The fourth-order valence-electron chi connectivity index (χ4n) is 7.72. The quantitative estimate of drug-likeness (QED) is 0.181. The van der Waals surface area contributed by atoms with Crippen molar-refractivity contribution in [3.05, 3.63) is 177 Å². The second-order valence-corrected chi connectivity index (χ2v) is 12.9. The molecule has 0 fully saturated rings. The molecule has 0 unspecified atom stereocenters. The summed E-state index contributed by atoms with van der Waals surface area (Å²) >= 11 is 0. The van der Waals surface area contributed by atoms with Crippen molar-refractivity contribution in [2.75, 3.05) is 0 Å². The normalized spacial score (nSPS) is 11.6. The molecule has 0 N–H and O–H groups in total. The Hall–Kier alpha value is -6.71. The Morgan fingerprint density at radius 2 is 0.700 bits per heavy atom. The second kappa shape index (κ2) is 11.5. The first-order valence-corrected chi connectivity index (χ1v) is 16.9. The Morgan fingerprint density at radius 1 is 0.280 bits per heavy atom. The molecule has 0 saturated heterocycles. The van der Waals surface area contributed by atoms with Crippen LogP contribution in [-0.2, 0) is 0 Å². The van der Waals surface area contributed by atoms with Crippen molar-refractivity contribution >= 4 is 53.9 Å². The third-order valence-corrected chi connectivity index (χ3v) is 10.0. The molecule has 0 spiro atoms. The van der Waals surface area contributed by atoms with Gasteiger partial charge in [0.25, 0.3) is 0 Å². The molecule has 3 heteroatoms. The standard InChI is InChI=1S/C47H29N3/c1-3-9-41-39(7-1)40-8-2-4-10-42(40)44-29-38(45-11-5-6-18-50-45)24-33-13-12-32-23-37(28-43(41)46(32)47(33)44)36-26-34(30-14-19-48-20-15-30)25-35(27-36)31-16-21-49-22-17-31/h1-29H. The molecule has 232 valence electrons. The van der Waals surface area contributed by atoms with Crippen molar-refractivity contribution in [3.63, 3.8) is 0 Å². The number of hydrogen-bond donors (Lipinski definition) is 0. The summed E-state index contributed by atoms with van der Waals surface area (Å²) in [6.07, 6.45) is 9.31. The molecule has 10 rings (SSSR count). The minimum atomic E-state index is 0.973. The monoisotopic (exact) mass is 635 g/mol. The van der Waals surface area contributed by atoms with Crippen LogP contribution in [0, 0.1) is 0 Å². The minimum Gasteiger partial charge on any atom is -0.265 e. The summed E-state index contributed by atoms with van der Waals surface area (Å²) < 4.78 is 0. The molecule has 0 aliphatic heterocycles. The summed E-state index contributed by atoms with van der Waals surface area (Å²) in [4.78, 5) is 13.3. The van der Waals surface area contributed by atoms with Gasteiger partial charge in [0.15, 0.2) is 0 Å². The highest BCUT2D eigenvalue weighted by Gasteiger charge is 2.16. The van der Waals surface area contributed by atoms with Crippen LogP contribution in [0.5, 0.6) is 0 Å². The fourth-order valence-corrected chi connectivity index (χ4v) is 7.72. The predicted molar refractivity (Wildman–Crippen MR) is 209 cm³/mol. The number of nitrogens with zero attached hydrogens (tertiary/aromatic N) is 3. The third kappa shape index (κ3) is 4.63. The molecule has 0 aliphatic rings. The summed E-state index contributed by atoms with van der Waals surface area (Å²) in [6.45, 7) is 0. The van der Waals surface area contributed by atoms with E-state index in [0.717, 1.165) is 39.1 Å². The smallest absolute Gasteiger partial charge is 0.0702 e. The molecule has 0 amide bonds. The van der Waals surface area contributed by atoms with E-state index in [1.165, 1.54) is 59.4 Å². The van der Waals surface area contributed by atoms with Crippen molar-refractivity contribution < 1.29 is 0 Å². The molecule has 50 heavy (non-hydrogen) atoms. The van der Waals surface area contributed by atoms with Gasteiger partial charge >= 0.3 is 0 Å². The Kier molecular flexibility index (Phi) is 6.49. The van der Waals surface area contributed by atoms with Crippen LogP contribution in [0.3, 0.4) is 0 Å². The van der Waals surface area contributed by atoms with Crippen molar-refractivity contribution in [2.24, 2.45) is 0 Å². The van der Waals surface area contributed by atoms with Gasteiger partial charge in [0.2, 0.25) is 0 Å². The molecule has 0 atom stereocenters. The van der Waals surface area contributed by atoms with Crippen molar-refractivity contribution in [1.29, 1.82) is 0 Å². The minimum absolute atomic E-state index is 0.973. The number of fused-ring (bicyclic) bond motifs is 5. The highest BCUT2D eigenvalue weighted by atomic mass is 14.7. The lowest BCUT2D eigenvalue weighted by molar-refractivity contribution is 1.33. The highest BCUT2D eigenvalue weighted by Crippen LogP contribution is 2.44. The van der Waals surface area contributed by atoms with Gasteiger partial charge in [-0.05, 0) is 166 Å². The van der Waals surface area contributed by atoms with Crippen molar-refractivity contribution in [2.45, 2.75) is 0 Å². The lowest BCUT2D eigenvalue weighted by Crippen LogP contribution is -1.90. The van der Waals surface area contributed by atoms with Gasteiger partial charge in [-0.15, -0.1) is 0 Å². The number of hydrogen-bond acceptors (Lipinski definition) is 3. The van der Waals surface area contributed by atoms with E-state index in [0.29, 0.717) is 0 Å². The summed E-state index contributed by atoms with van der Waals surface area (Å²) in [7, 11) is 0. The van der Waals surface area contributed by atoms with Crippen LogP contribution in [-0.4, -0.2) is 15.0 Å². The molecule has 0 radical (unpaired) electrons. The third-order valence-electron chi connectivity index (χ3n) is 10.0. The van der Waals surface area contributed by atoms with Gasteiger partial charge in [0.1, 0.15) is 0 Å². The Labute approximate surface area is 289 Å². The average Bonchev–Trinajstić information content (AvgIpc) is 3.20. The topological polar surface area (TPSA) is 38.7 Å². The maximum atomic E-state index is 4.74. The van der Waals surface area contributed by atoms with Gasteiger partial charge in [-0.25, -0.2) is 0 Å². The average molecular weight is 636 g/mol. The number of pyridine rings is 3. The van der Waals surface area contributed by atoms with Crippen LogP contribution < -0.4 is 0 Å². The van der Waals surface area contributed by atoms with Gasteiger partial charge < -0.3 is 0 Å². The second-order valence-electron chi connectivity index (χ2n) is 12.9. The molecule has 7 aromatic carbocycles. The first-order chi connectivity index (χ1) is 24.8. The maximum Gasteiger partial charge on any atom is 0.0702 e. The van der Waals surface area contributed by atoms with E-state index in [2.05, 4.69) is 149 Å². The van der Waals surface area contributed by atoms with Crippen LogP contribution in [0.25, 0.3) is 98.5 Å². The Balaban J connectivity index is 1.35. The number of aromatic nitrogens is 3. The molecular weight excluding hydrogens is 607 g/mol. The van der Waals surface area contributed by atoms with Crippen LogP contribution in [0.15, 0.2) is 177 Å². The SMILES string of the molecule is c1ccc(-c2cc3ccc4cc(-c5cc(-c6ccncc6)cc(-c6ccncc6)c5)cc5c6ccccc6c6ccccc6c(c2)c3c45)nc1. The van der Waals surface area contributed by atoms with Gasteiger partial charge in [-0.3, -0.25) is 15.0 Å². The molecular formula is C47H29N3. The molecule has 3 nitrogen and oxygen atoms in total. The van der Waals surface area contributed by atoms with E-state index >= 15 is 0 Å². The van der Waals surface area contributed by atoms with Crippen molar-refractivity contribution in [1.82, 2.24) is 15.0 Å². The van der Waals surface area contributed by atoms with Crippen LogP contribution in [0.4, 0.5) is 0 Å². The zero-order chi connectivity index (χ0) is 33.0. The molecule has 10 aromatic rings. The van der Waals surface area contributed by atoms with E-state index in [4.69, 9.17) is 4.98 Å². The molecule has 0 saturated carbocycles. The molecule has 0 bridgehead atoms. The van der Waals surface area contributed by atoms with E-state index in [1.807, 2.05) is 37.1 Å². The van der Waals surface area contributed by atoms with Gasteiger partial charge in [-0.2, -0.15) is 0 Å². The van der Waals surface area contributed by atoms with Gasteiger partial charge in [-0.1, -0.05) is 66.7 Å². The molecule has 3 aromatic heterocycles. The summed E-state index contributed by atoms with van der Waals surface area (Å²) in [6, 6.07) is 53.0. The lowest BCUT2D eigenvalue weighted by Gasteiger charge is -2.17. The van der Waals surface area contributed by atoms with Crippen LogP contribution in [0.2, 0.25) is 0 Å². The van der Waals surface area contributed by atoms with E-state index in [1.54, 1.807) is 0 Å². The van der Waals surface area contributed by atoms with E-state index < -0.39 is 0 Å². The highest BCUT2D eigenvalue weighted by molar-refractivity contribution is 6.33. The largest absolute Gasteiger partial charge is 0.265 e. The van der Waals surface area contributed by atoms with Crippen molar-refractivity contribution in [3.8, 4) is 44.6 Å².